The Morgan fingerprint density at radius 1 is 0.314 bits per heavy atom. The molecule has 51 heavy (non-hydrogen) atoms. The predicted octanol–water partition coefficient (Wildman–Crippen LogP) is 11.9. The lowest BCUT2D eigenvalue weighted by Gasteiger charge is -2.11. The molecule has 0 aliphatic rings. The van der Waals surface area contributed by atoms with Crippen molar-refractivity contribution < 1.29 is 0 Å². The SMILES string of the molecule is c1ccc(-c2ccc3ccc(-c4ccc5ccc6c(c5c4)c4ccccc4n6-c4nc(-c5ccccc5)nc(-c5ccccc5)n4)cc3c2)cc1. The molecule has 0 amide bonds. The van der Waals surface area contributed by atoms with Crippen LogP contribution in [0.25, 0.3) is 94.3 Å². The topological polar surface area (TPSA) is 43.6 Å². The van der Waals surface area contributed by atoms with Crippen LogP contribution >= 0.6 is 0 Å². The molecular formula is C47H30N4. The van der Waals surface area contributed by atoms with Gasteiger partial charge in [-0.1, -0.05) is 152 Å². The Labute approximate surface area is 295 Å². The van der Waals surface area contributed by atoms with Crippen molar-refractivity contribution in [3.8, 4) is 51.0 Å². The average molecular weight is 651 g/mol. The molecule has 2 heterocycles. The molecule has 0 saturated carbocycles. The minimum absolute atomic E-state index is 0.591. The molecule has 0 spiro atoms. The summed E-state index contributed by atoms with van der Waals surface area (Å²) in [5, 5.41) is 7.17. The normalized spacial score (nSPS) is 11.5. The van der Waals surface area contributed by atoms with Crippen molar-refractivity contribution in [2.24, 2.45) is 0 Å². The Bertz CT molecular complexity index is 2840. The lowest BCUT2D eigenvalue weighted by molar-refractivity contribution is 0.953. The second kappa shape index (κ2) is 11.9. The summed E-state index contributed by atoms with van der Waals surface area (Å²) in [5.41, 5.74) is 8.80. The van der Waals surface area contributed by atoms with Gasteiger partial charge in [-0.15, -0.1) is 0 Å². The third kappa shape index (κ3) is 5.04. The second-order valence-electron chi connectivity index (χ2n) is 12.9. The predicted molar refractivity (Wildman–Crippen MR) is 211 cm³/mol. The van der Waals surface area contributed by atoms with E-state index < -0.39 is 0 Å². The number of fused-ring (bicyclic) bond motifs is 6. The molecule has 0 N–H and O–H groups in total. The molecule has 0 bridgehead atoms. The Morgan fingerprint density at radius 3 is 1.47 bits per heavy atom. The van der Waals surface area contributed by atoms with E-state index in [-0.39, 0.29) is 0 Å². The Hall–Kier alpha value is -6.91. The summed E-state index contributed by atoms with van der Waals surface area (Å²) in [7, 11) is 0. The molecule has 0 saturated heterocycles. The zero-order valence-electron chi connectivity index (χ0n) is 27.6. The van der Waals surface area contributed by atoms with Crippen molar-refractivity contribution in [2.45, 2.75) is 0 Å². The van der Waals surface area contributed by atoms with Gasteiger partial charge >= 0.3 is 0 Å². The smallest absolute Gasteiger partial charge is 0.238 e. The van der Waals surface area contributed by atoms with Gasteiger partial charge < -0.3 is 0 Å². The summed E-state index contributed by atoms with van der Waals surface area (Å²) in [4.78, 5) is 15.2. The van der Waals surface area contributed by atoms with Crippen LogP contribution < -0.4 is 0 Å². The Kier molecular flexibility index (Phi) is 6.78. The molecule has 0 aliphatic heterocycles. The third-order valence-corrected chi connectivity index (χ3v) is 9.82. The van der Waals surface area contributed by atoms with Crippen molar-refractivity contribution in [3.05, 3.63) is 182 Å². The summed E-state index contributed by atoms with van der Waals surface area (Å²) in [6.07, 6.45) is 0. The number of hydrogen-bond acceptors (Lipinski definition) is 3. The maximum absolute atomic E-state index is 5.12. The van der Waals surface area contributed by atoms with E-state index in [1.165, 1.54) is 49.2 Å². The zero-order valence-corrected chi connectivity index (χ0v) is 27.6. The quantitative estimate of drug-likeness (QED) is 0.186. The summed E-state index contributed by atoms with van der Waals surface area (Å²) in [6.45, 7) is 0. The first kappa shape index (κ1) is 29.0. The summed E-state index contributed by atoms with van der Waals surface area (Å²) in [5.74, 6) is 1.87. The van der Waals surface area contributed by atoms with Crippen LogP contribution in [0.5, 0.6) is 0 Å². The maximum Gasteiger partial charge on any atom is 0.238 e. The molecule has 0 radical (unpaired) electrons. The molecule has 238 valence electrons. The van der Waals surface area contributed by atoms with Gasteiger partial charge in [-0.25, -0.2) is 4.98 Å². The molecule has 8 aromatic carbocycles. The maximum atomic E-state index is 5.12. The van der Waals surface area contributed by atoms with Crippen LogP contribution in [-0.4, -0.2) is 19.5 Å². The van der Waals surface area contributed by atoms with E-state index in [4.69, 9.17) is 15.0 Å². The van der Waals surface area contributed by atoms with Gasteiger partial charge in [0.15, 0.2) is 11.6 Å². The summed E-state index contributed by atoms with van der Waals surface area (Å²) < 4.78 is 2.19. The molecule has 4 heteroatoms. The van der Waals surface area contributed by atoms with Gasteiger partial charge in [-0.3, -0.25) is 4.57 Å². The average Bonchev–Trinajstić information content (AvgIpc) is 3.56. The lowest BCUT2D eigenvalue weighted by Crippen LogP contribution is -2.06. The van der Waals surface area contributed by atoms with Gasteiger partial charge in [0.05, 0.1) is 11.0 Å². The largest absolute Gasteiger partial charge is 0.278 e. The first-order valence-electron chi connectivity index (χ1n) is 17.2. The highest BCUT2D eigenvalue weighted by molar-refractivity contribution is 6.21. The monoisotopic (exact) mass is 650 g/mol. The van der Waals surface area contributed by atoms with E-state index in [0.29, 0.717) is 17.6 Å². The van der Waals surface area contributed by atoms with Crippen molar-refractivity contribution in [1.29, 1.82) is 0 Å². The van der Waals surface area contributed by atoms with Crippen LogP contribution in [0.15, 0.2) is 182 Å². The van der Waals surface area contributed by atoms with Crippen LogP contribution in [0.3, 0.4) is 0 Å². The van der Waals surface area contributed by atoms with Crippen LogP contribution in [0.4, 0.5) is 0 Å². The van der Waals surface area contributed by atoms with E-state index in [2.05, 4.69) is 126 Å². The third-order valence-electron chi connectivity index (χ3n) is 9.82. The second-order valence-corrected chi connectivity index (χ2v) is 12.9. The van der Waals surface area contributed by atoms with Crippen LogP contribution in [-0.2, 0) is 0 Å². The molecule has 10 aromatic rings. The fraction of sp³-hybridized carbons (Fsp3) is 0. The van der Waals surface area contributed by atoms with Crippen molar-refractivity contribution in [3.63, 3.8) is 0 Å². The molecule has 10 rings (SSSR count). The minimum atomic E-state index is 0.591. The fourth-order valence-corrected chi connectivity index (χ4v) is 7.32. The van der Waals surface area contributed by atoms with Crippen LogP contribution in [0.1, 0.15) is 0 Å². The molecule has 0 unspecified atom stereocenters. The zero-order chi connectivity index (χ0) is 33.7. The van der Waals surface area contributed by atoms with E-state index in [1.54, 1.807) is 0 Å². The molecule has 0 aliphatic carbocycles. The molecule has 0 fully saturated rings. The number of hydrogen-bond donors (Lipinski definition) is 0. The van der Waals surface area contributed by atoms with Crippen molar-refractivity contribution in [1.82, 2.24) is 19.5 Å². The van der Waals surface area contributed by atoms with Crippen molar-refractivity contribution >= 4 is 43.4 Å². The van der Waals surface area contributed by atoms with Crippen LogP contribution in [0, 0.1) is 0 Å². The fourth-order valence-electron chi connectivity index (χ4n) is 7.32. The highest BCUT2D eigenvalue weighted by atomic mass is 15.2. The van der Waals surface area contributed by atoms with Crippen molar-refractivity contribution in [2.75, 3.05) is 0 Å². The number of nitrogens with zero attached hydrogens (tertiary/aromatic N) is 4. The Morgan fingerprint density at radius 2 is 0.824 bits per heavy atom. The van der Waals surface area contributed by atoms with Gasteiger partial charge in [-0.05, 0) is 74.1 Å². The van der Waals surface area contributed by atoms with E-state index in [9.17, 15) is 0 Å². The number of benzene rings is 8. The lowest BCUT2D eigenvalue weighted by atomic mass is 9.95. The van der Waals surface area contributed by atoms with Gasteiger partial charge in [0.25, 0.3) is 0 Å². The molecule has 2 aromatic heterocycles. The van der Waals surface area contributed by atoms with E-state index >= 15 is 0 Å². The van der Waals surface area contributed by atoms with Gasteiger partial charge in [-0.2, -0.15) is 9.97 Å². The summed E-state index contributed by atoms with van der Waals surface area (Å²) >= 11 is 0. The first-order valence-corrected chi connectivity index (χ1v) is 17.2. The highest BCUT2D eigenvalue weighted by Gasteiger charge is 2.19. The standard InChI is InChI=1S/C47H30N4/c1-4-12-31(13-5-1)36-23-20-32-21-24-37(29-39(32)28-36)38-25-22-33-26-27-43-44(41(33)30-38)40-18-10-11-19-42(40)51(43)47-49-45(34-14-6-2-7-15-34)48-46(50-47)35-16-8-3-9-17-35/h1-30H. The minimum Gasteiger partial charge on any atom is -0.278 e. The molecule has 0 atom stereocenters. The first-order chi connectivity index (χ1) is 25.3. The highest BCUT2D eigenvalue weighted by Crippen LogP contribution is 2.39. The number of rotatable bonds is 5. The van der Waals surface area contributed by atoms with Gasteiger partial charge in [0.1, 0.15) is 0 Å². The van der Waals surface area contributed by atoms with E-state index in [0.717, 1.165) is 27.5 Å². The van der Waals surface area contributed by atoms with E-state index in [1.807, 2.05) is 60.7 Å². The number of aromatic nitrogens is 4. The molecule has 4 nitrogen and oxygen atoms in total. The number of para-hydroxylation sites is 1. The van der Waals surface area contributed by atoms with Gasteiger partial charge in [0.2, 0.25) is 5.95 Å². The Balaban J connectivity index is 1.18. The van der Waals surface area contributed by atoms with Gasteiger partial charge in [0, 0.05) is 21.9 Å². The van der Waals surface area contributed by atoms with Crippen LogP contribution in [0.2, 0.25) is 0 Å². The summed E-state index contributed by atoms with van der Waals surface area (Å²) in [6, 6.07) is 64.1. The molecular weight excluding hydrogens is 621 g/mol.